The Morgan fingerprint density at radius 1 is 1.00 bits per heavy atom. The number of Topliss-reactive ketones (excluding diaryl/α,β-unsaturated/α-hetero) is 1. The Kier molecular flexibility index (Phi) is 9.20. The van der Waals surface area contributed by atoms with Crippen LogP contribution in [0.15, 0.2) is 80.9 Å². The molecule has 0 N–H and O–H groups in total. The highest BCUT2D eigenvalue weighted by Gasteiger charge is 2.32. The van der Waals surface area contributed by atoms with Gasteiger partial charge < -0.3 is 9.64 Å². The Balaban J connectivity index is 1.50. The van der Waals surface area contributed by atoms with Crippen LogP contribution in [0.2, 0.25) is 5.02 Å². The van der Waals surface area contributed by atoms with Gasteiger partial charge in [-0.2, -0.15) is 0 Å². The molecule has 9 nitrogen and oxygen atoms in total. The van der Waals surface area contributed by atoms with Gasteiger partial charge in [-0.15, -0.1) is 0 Å². The first-order chi connectivity index (χ1) is 20.8. The number of hydrogen-bond acceptors (Lipinski definition) is 6. The number of ketones is 1. The molecular formula is C32H31BrClN3O6S. The summed E-state index contributed by atoms with van der Waals surface area (Å²) in [5.41, 5.74) is 2.00. The molecule has 230 valence electrons. The van der Waals surface area contributed by atoms with Crippen molar-refractivity contribution in [3.8, 4) is 11.4 Å². The molecule has 1 amide bonds. The molecule has 0 saturated heterocycles. The largest absolute Gasteiger partial charge is 0.491 e. The van der Waals surface area contributed by atoms with E-state index in [1.165, 1.54) is 16.7 Å². The Bertz CT molecular complexity index is 1900. The number of nitrogens with zero attached hydrogens (tertiary/aromatic N) is 3. The molecule has 1 aliphatic heterocycles. The molecule has 1 aliphatic rings. The van der Waals surface area contributed by atoms with Gasteiger partial charge in [0.2, 0.25) is 0 Å². The monoisotopic (exact) mass is 699 g/mol. The lowest BCUT2D eigenvalue weighted by molar-refractivity contribution is 0.0707. The highest BCUT2D eigenvalue weighted by molar-refractivity contribution is 9.10. The van der Waals surface area contributed by atoms with Crippen molar-refractivity contribution in [3.63, 3.8) is 0 Å². The second-order valence-corrected chi connectivity index (χ2v) is 14.2. The molecule has 3 aromatic carbocycles. The highest BCUT2D eigenvalue weighted by atomic mass is 79.9. The van der Waals surface area contributed by atoms with Crippen LogP contribution in [0.5, 0.6) is 5.75 Å². The summed E-state index contributed by atoms with van der Waals surface area (Å²) in [5, 5.41) is 0.404. The van der Waals surface area contributed by atoms with Gasteiger partial charge in [0.05, 0.1) is 33.9 Å². The number of rotatable bonds is 9. The van der Waals surface area contributed by atoms with Gasteiger partial charge in [0, 0.05) is 35.8 Å². The summed E-state index contributed by atoms with van der Waals surface area (Å²) >= 11 is 9.59. The van der Waals surface area contributed by atoms with E-state index >= 15 is 0 Å². The number of aryl methyl sites for hydroxylation is 1. The number of aromatic nitrogens is 2. The van der Waals surface area contributed by atoms with Gasteiger partial charge in [-0.3, -0.25) is 18.7 Å². The van der Waals surface area contributed by atoms with Gasteiger partial charge in [0.25, 0.3) is 5.91 Å². The number of ether oxygens (including phenoxy) is 1. The van der Waals surface area contributed by atoms with Crippen molar-refractivity contribution in [2.45, 2.75) is 50.8 Å². The van der Waals surface area contributed by atoms with Gasteiger partial charge in [-0.1, -0.05) is 23.7 Å². The van der Waals surface area contributed by atoms with E-state index in [0.717, 1.165) is 11.8 Å². The molecule has 0 atom stereocenters. The number of hydrogen-bond donors (Lipinski definition) is 0. The fourth-order valence-corrected chi connectivity index (χ4v) is 6.25. The van der Waals surface area contributed by atoms with Crippen LogP contribution in [-0.4, -0.2) is 53.0 Å². The minimum Gasteiger partial charge on any atom is -0.491 e. The van der Waals surface area contributed by atoms with Crippen LogP contribution in [0.4, 0.5) is 0 Å². The number of sulfone groups is 1. The molecule has 12 heteroatoms. The molecule has 0 fully saturated rings. The lowest BCUT2D eigenvalue weighted by Crippen LogP contribution is -2.41. The number of imidazole rings is 1. The topological polar surface area (TPSA) is 108 Å². The number of halogens is 2. The van der Waals surface area contributed by atoms with E-state index < -0.39 is 9.84 Å². The molecule has 44 heavy (non-hydrogen) atoms. The Hall–Kier alpha value is -3.67. The van der Waals surface area contributed by atoms with Crippen LogP contribution in [0.1, 0.15) is 52.4 Å². The average molecular weight is 701 g/mol. The van der Waals surface area contributed by atoms with Crippen LogP contribution in [0.3, 0.4) is 0 Å². The van der Waals surface area contributed by atoms with Crippen molar-refractivity contribution in [3.05, 3.63) is 109 Å². The number of carbonyl (C=O) groups is 2. The third kappa shape index (κ3) is 6.69. The van der Waals surface area contributed by atoms with Gasteiger partial charge in [-0.25, -0.2) is 13.2 Å². The van der Waals surface area contributed by atoms with Crippen molar-refractivity contribution >= 4 is 49.1 Å². The summed E-state index contributed by atoms with van der Waals surface area (Å²) in [5.74, 6) is 0.105. The summed E-state index contributed by atoms with van der Waals surface area (Å²) in [4.78, 5) is 43.0. The molecule has 0 unspecified atom stereocenters. The summed E-state index contributed by atoms with van der Waals surface area (Å²) < 4.78 is 33.1. The Morgan fingerprint density at radius 3 is 2.30 bits per heavy atom. The second kappa shape index (κ2) is 12.7. The van der Waals surface area contributed by atoms with Crippen LogP contribution in [0.25, 0.3) is 5.69 Å². The summed E-state index contributed by atoms with van der Waals surface area (Å²) in [6.07, 6.45) is 1.52. The first-order valence-corrected chi connectivity index (χ1v) is 17.1. The van der Waals surface area contributed by atoms with E-state index in [4.69, 9.17) is 16.3 Å². The summed E-state index contributed by atoms with van der Waals surface area (Å²) in [6.45, 7) is 4.40. The average Bonchev–Trinajstić information content (AvgIpc) is 3.28. The number of carbonyl (C=O) groups excluding carboxylic acids is 2. The fraction of sp³-hybridized carbons (Fsp3) is 0.281. The Labute approximate surface area is 269 Å². The van der Waals surface area contributed by atoms with E-state index in [2.05, 4.69) is 15.9 Å². The van der Waals surface area contributed by atoms with E-state index in [9.17, 15) is 22.8 Å². The third-order valence-electron chi connectivity index (χ3n) is 7.36. The fourth-order valence-electron chi connectivity index (χ4n) is 5.20. The SMILES string of the molecule is CC(C)Oc1ccc(-n2c(C(=O)CCc3ccc(S(C)(=O)=O)cc3)c3n(c2=O)CCN(C(=O)c2ccc(Br)c(Cl)c2)C3)cc1. The van der Waals surface area contributed by atoms with Crippen LogP contribution >= 0.6 is 27.5 Å². The molecule has 5 rings (SSSR count). The van der Waals surface area contributed by atoms with E-state index in [-0.39, 0.29) is 60.1 Å². The lowest BCUT2D eigenvalue weighted by atomic mass is 10.0. The quantitative estimate of drug-likeness (QED) is 0.207. The maximum Gasteiger partial charge on any atom is 0.333 e. The zero-order chi connectivity index (χ0) is 31.8. The van der Waals surface area contributed by atoms with E-state index in [0.29, 0.717) is 38.6 Å². The van der Waals surface area contributed by atoms with Crippen LogP contribution < -0.4 is 10.4 Å². The number of amides is 1. The first kappa shape index (κ1) is 31.7. The maximum atomic E-state index is 13.9. The standard InChI is InChI=1S/C32H31BrClN3O6S/c1-20(2)43-24-10-8-23(9-11-24)37-30(29(38)15-6-21-4-12-25(13-5-21)44(3,41)42)28-19-35(16-17-36(28)32(37)40)31(39)22-7-14-26(33)27(34)18-22/h4-5,7-14,18,20H,6,15-17,19H2,1-3H3. The third-order valence-corrected chi connectivity index (χ3v) is 9.72. The van der Waals surface area contributed by atoms with Gasteiger partial charge >= 0.3 is 5.69 Å². The predicted molar refractivity (Wildman–Crippen MR) is 172 cm³/mol. The molecular weight excluding hydrogens is 670 g/mol. The molecule has 0 radical (unpaired) electrons. The summed E-state index contributed by atoms with van der Waals surface area (Å²) in [6, 6.07) is 18.3. The van der Waals surface area contributed by atoms with Gasteiger partial charge in [0.1, 0.15) is 11.4 Å². The van der Waals surface area contributed by atoms with Crippen molar-refractivity contribution in [2.75, 3.05) is 12.8 Å². The molecule has 0 saturated carbocycles. The van der Waals surface area contributed by atoms with Gasteiger partial charge in [-0.05, 0) is 96.4 Å². The van der Waals surface area contributed by atoms with Crippen molar-refractivity contribution in [2.24, 2.45) is 0 Å². The van der Waals surface area contributed by atoms with Crippen molar-refractivity contribution < 1.29 is 22.7 Å². The van der Waals surface area contributed by atoms with Crippen LogP contribution in [0, 0.1) is 0 Å². The van der Waals surface area contributed by atoms with Crippen molar-refractivity contribution in [1.29, 1.82) is 0 Å². The molecule has 2 heterocycles. The summed E-state index contributed by atoms with van der Waals surface area (Å²) in [7, 11) is -3.34. The first-order valence-electron chi connectivity index (χ1n) is 14.0. The molecule has 0 spiro atoms. The highest BCUT2D eigenvalue weighted by Crippen LogP contribution is 2.27. The van der Waals surface area contributed by atoms with E-state index in [1.807, 2.05) is 13.8 Å². The zero-order valence-corrected chi connectivity index (χ0v) is 27.6. The molecule has 4 aromatic rings. The minimum atomic E-state index is -3.34. The normalized spacial score (nSPS) is 13.2. The number of benzene rings is 3. The molecule has 0 bridgehead atoms. The van der Waals surface area contributed by atoms with Gasteiger partial charge in [0.15, 0.2) is 15.6 Å². The minimum absolute atomic E-state index is 0.0295. The van der Waals surface area contributed by atoms with Crippen molar-refractivity contribution in [1.82, 2.24) is 14.0 Å². The molecule has 0 aliphatic carbocycles. The lowest BCUT2D eigenvalue weighted by Gasteiger charge is -2.28. The predicted octanol–water partition coefficient (Wildman–Crippen LogP) is 5.72. The zero-order valence-electron chi connectivity index (χ0n) is 24.4. The molecule has 1 aromatic heterocycles. The Morgan fingerprint density at radius 2 is 1.68 bits per heavy atom. The van der Waals surface area contributed by atoms with E-state index in [1.54, 1.807) is 64.1 Å². The second-order valence-electron chi connectivity index (χ2n) is 10.9. The van der Waals surface area contributed by atoms with Crippen LogP contribution in [-0.2, 0) is 29.3 Å². The maximum absolute atomic E-state index is 13.9. The number of fused-ring (bicyclic) bond motifs is 1. The smallest absolute Gasteiger partial charge is 0.333 e.